The van der Waals surface area contributed by atoms with Gasteiger partial charge in [0.2, 0.25) is 5.91 Å². The number of hydrogen-bond donors (Lipinski definition) is 1. The number of hydrogen-bond acceptors (Lipinski definition) is 2. The molecule has 1 heterocycles. The Hall–Kier alpha value is -1.38. The summed E-state index contributed by atoms with van der Waals surface area (Å²) in [5.41, 5.74) is 1.42. The van der Waals surface area contributed by atoms with E-state index >= 15 is 0 Å². The van der Waals surface area contributed by atoms with Crippen molar-refractivity contribution in [3.8, 4) is 0 Å². The molecule has 0 aromatic carbocycles. The average molecular weight is 321 g/mol. The summed E-state index contributed by atoms with van der Waals surface area (Å²) >= 11 is 0. The van der Waals surface area contributed by atoms with Crippen molar-refractivity contribution in [2.24, 2.45) is 5.41 Å². The van der Waals surface area contributed by atoms with E-state index in [4.69, 9.17) is 0 Å². The van der Waals surface area contributed by atoms with E-state index in [1.807, 2.05) is 39.8 Å². The van der Waals surface area contributed by atoms with Crippen LogP contribution in [0, 0.1) is 5.41 Å². The van der Waals surface area contributed by atoms with Crippen molar-refractivity contribution in [2.75, 3.05) is 0 Å². The van der Waals surface area contributed by atoms with Crippen LogP contribution in [0.5, 0.6) is 0 Å². The first-order valence-electron chi connectivity index (χ1n) is 9.09. The highest BCUT2D eigenvalue weighted by atomic mass is 16.1. The van der Waals surface area contributed by atoms with Gasteiger partial charge in [0.25, 0.3) is 0 Å². The number of carbonyl (C=O) groups excluding carboxylic acids is 1. The van der Waals surface area contributed by atoms with Crippen LogP contribution in [0.25, 0.3) is 0 Å². The van der Waals surface area contributed by atoms with E-state index in [1.54, 1.807) is 12.4 Å². The van der Waals surface area contributed by atoms with Crippen LogP contribution < -0.4 is 5.32 Å². The van der Waals surface area contributed by atoms with E-state index < -0.39 is 0 Å². The molecule has 0 unspecified atom stereocenters. The van der Waals surface area contributed by atoms with Crippen molar-refractivity contribution < 1.29 is 4.79 Å². The lowest BCUT2D eigenvalue weighted by Crippen LogP contribution is -2.49. The van der Waals surface area contributed by atoms with Crippen LogP contribution >= 0.6 is 0 Å². The third-order valence-corrected chi connectivity index (χ3v) is 4.26. The molecule has 2 rings (SSSR count). The van der Waals surface area contributed by atoms with Crippen molar-refractivity contribution in [1.29, 1.82) is 0 Å². The highest BCUT2D eigenvalue weighted by Crippen LogP contribution is 2.39. The summed E-state index contributed by atoms with van der Waals surface area (Å²) in [6, 6.07) is 3.79. The van der Waals surface area contributed by atoms with Gasteiger partial charge in [-0.15, -0.1) is 0 Å². The Balaban J connectivity index is 0.00000112. The smallest absolute Gasteiger partial charge is 0.224 e. The first-order valence-corrected chi connectivity index (χ1v) is 9.09. The van der Waals surface area contributed by atoms with Crippen LogP contribution in [0.1, 0.15) is 79.7 Å². The molecule has 1 aliphatic carbocycles. The molecule has 0 bridgehead atoms. The Kier molecular flexibility index (Phi) is 9.78. The van der Waals surface area contributed by atoms with Gasteiger partial charge in [0.15, 0.2) is 0 Å². The molecular formula is C20H36N2O. The first-order chi connectivity index (χ1) is 10.9. The van der Waals surface area contributed by atoms with E-state index in [0.717, 1.165) is 18.4 Å². The van der Waals surface area contributed by atoms with Gasteiger partial charge in [0.05, 0.1) is 6.42 Å². The minimum Gasteiger partial charge on any atom is -0.351 e. The van der Waals surface area contributed by atoms with Crippen molar-refractivity contribution in [1.82, 2.24) is 10.3 Å². The highest BCUT2D eigenvalue weighted by Gasteiger charge is 2.35. The standard InChI is InChI=1S/C16H24N2O.2C2H6/c1-15(2)6-8-16(3,9-7-15)18-14(19)12-13-4-10-17-11-5-13;2*1-2/h4-5,10-11H,6-9,12H2,1-3H3,(H,18,19);2*1-2H3. The molecule has 1 aromatic rings. The molecule has 1 aromatic heterocycles. The molecule has 0 aliphatic heterocycles. The van der Waals surface area contributed by atoms with E-state index in [2.05, 4.69) is 31.1 Å². The fraction of sp³-hybridized carbons (Fsp3) is 0.700. The molecule has 0 radical (unpaired) electrons. The number of carbonyl (C=O) groups is 1. The number of pyridine rings is 1. The highest BCUT2D eigenvalue weighted by molar-refractivity contribution is 5.79. The molecule has 23 heavy (non-hydrogen) atoms. The zero-order valence-corrected chi connectivity index (χ0v) is 16.2. The third-order valence-electron chi connectivity index (χ3n) is 4.26. The van der Waals surface area contributed by atoms with Crippen molar-refractivity contribution in [3.63, 3.8) is 0 Å². The molecule has 3 nitrogen and oxygen atoms in total. The van der Waals surface area contributed by atoms with Crippen LogP contribution in [0.2, 0.25) is 0 Å². The summed E-state index contributed by atoms with van der Waals surface area (Å²) in [6.07, 6.45) is 8.41. The fourth-order valence-corrected chi connectivity index (χ4v) is 2.67. The Labute approximate surface area is 143 Å². The minimum absolute atomic E-state index is 0.0281. The maximum absolute atomic E-state index is 12.1. The molecular weight excluding hydrogens is 284 g/mol. The summed E-state index contributed by atoms with van der Waals surface area (Å²) in [5, 5.41) is 3.22. The van der Waals surface area contributed by atoms with E-state index in [1.165, 1.54) is 12.8 Å². The monoisotopic (exact) mass is 320 g/mol. The number of nitrogens with zero attached hydrogens (tertiary/aromatic N) is 1. The molecule has 0 spiro atoms. The maximum Gasteiger partial charge on any atom is 0.224 e. The topological polar surface area (TPSA) is 42.0 Å². The van der Waals surface area contributed by atoms with Crippen LogP contribution in [0.4, 0.5) is 0 Å². The number of rotatable bonds is 3. The van der Waals surface area contributed by atoms with Gasteiger partial charge in [0, 0.05) is 17.9 Å². The number of nitrogens with one attached hydrogen (secondary N) is 1. The van der Waals surface area contributed by atoms with Crippen LogP contribution in [0.15, 0.2) is 24.5 Å². The summed E-state index contributed by atoms with van der Waals surface area (Å²) in [5.74, 6) is 0.119. The summed E-state index contributed by atoms with van der Waals surface area (Å²) in [4.78, 5) is 16.1. The van der Waals surface area contributed by atoms with Crippen LogP contribution in [-0.4, -0.2) is 16.4 Å². The SMILES string of the molecule is CC.CC.CC1(C)CCC(C)(NC(=O)Cc2ccncc2)CC1. The fourth-order valence-electron chi connectivity index (χ4n) is 2.67. The van der Waals surface area contributed by atoms with Gasteiger partial charge in [-0.05, 0) is 55.7 Å². The molecule has 0 saturated heterocycles. The van der Waals surface area contributed by atoms with Crippen LogP contribution in [-0.2, 0) is 11.2 Å². The van der Waals surface area contributed by atoms with Gasteiger partial charge >= 0.3 is 0 Å². The zero-order chi connectivity index (χ0) is 17.9. The Morgan fingerprint density at radius 1 is 1.00 bits per heavy atom. The molecule has 132 valence electrons. The third kappa shape index (κ3) is 8.15. The quantitative estimate of drug-likeness (QED) is 0.836. The number of aromatic nitrogens is 1. The summed E-state index contributed by atoms with van der Waals surface area (Å²) in [7, 11) is 0. The van der Waals surface area contributed by atoms with Crippen molar-refractivity contribution in [2.45, 2.75) is 86.1 Å². The molecule has 1 fully saturated rings. The second kappa shape index (κ2) is 10.4. The van der Waals surface area contributed by atoms with E-state index in [9.17, 15) is 4.79 Å². The van der Waals surface area contributed by atoms with Gasteiger partial charge in [-0.25, -0.2) is 0 Å². The van der Waals surface area contributed by atoms with Gasteiger partial charge < -0.3 is 5.32 Å². The molecule has 0 atom stereocenters. The van der Waals surface area contributed by atoms with Crippen molar-refractivity contribution in [3.05, 3.63) is 30.1 Å². The predicted molar refractivity (Wildman–Crippen MR) is 99.4 cm³/mol. The average Bonchev–Trinajstić information content (AvgIpc) is 2.55. The second-order valence-corrected chi connectivity index (χ2v) is 6.81. The molecule has 1 N–H and O–H groups in total. The summed E-state index contributed by atoms with van der Waals surface area (Å²) < 4.78 is 0. The van der Waals surface area contributed by atoms with E-state index in [-0.39, 0.29) is 11.4 Å². The minimum atomic E-state index is -0.0281. The molecule has 1 amide bonds. The summed E-state index contributed by atoms with van der Waals surface area (Å²) in [6.45, 7) is 14.8. The second-order valence-electron chi connectivity index (χ2n) is 6.81. The molecule has 1 saturated carbocycles. The molecule has 1 aliphatic rings. The zero-order valence-electron chi connectivity index (χ0n) is 16.2. The predicted octanol–water partition coefficient (Wildman–Crippen LogP) is 5.15. The number of amides is 1. The van der Waals surface area contributed by atoms with Gasteiger partial charge in [-0.3, -0.25) is 9.78 Å². The Morgan fingerprint density at radius 2 is 1.48 bits per heavy atom. The Bertz CT molecular complexity index is 430. The van der Waals surface area contributed by atoms with Gasteiger partial charge in [-0.2, -0.15) is 0 Å². The van der Waals surface area contributed by atoms with Crippen LogP contribution in [0.3, 0.4) is 0 Å². The normalized spacial score (nSPS) is 17.7. The Morgan fingerprint density at radius 3 is 1.96 bits per heavy atom. The molecule has 3 heteroatoms. The largest absolute Gasteiger partial charge is 0.351 e. The lowest BCUT2D eigenvalue weighted by molar-refractivity contribution is -0.122. The maximum atomic E-state index is 12.1. The van der Waals surface area contributed by atoms with Gasteiger partial charge in [0.1, 0.15) is 0 Å². The lowest BCUT2D eigenvalue weighted by Gasteiger charge is -2.42. The first kappa shape index (κ1) is 21.6. The lowest BCUT2D eigenvalue weighted by atomic mass is 9.70. The van der Waals surface area contributed by atoms with E-state index in [0.29, 0.717) is 11.8 Å². The van der Waals surface area contributed by atoms with Crippen molar-refractivity contribution >= 4 is 5.91 Å². The van der Waals surface area contributed by atoms with Gasteiger partial charge in [-0.1, -0.05) is 41.5 Å².